The first kappa shape index (κ1) is 22.7. The average molecular weight is 421 g/mol. The molecule has 0 unspecified atom stereocenters. The number of likely N-dealkylation sites (N-methyl/N-ethyl adjacent to an activating group) is 1. The Balaban J connectivity index is 1.95. The van der Waals surface area contributed by atoms with Crippen molar-refractivity contribution in [3.63, 3.8) is 0 Å². The number of amides is 1. The van der Waals surface area contributed by atoms with Gasteiger partial charge in [0.1, 0.15) is 0 Å². The molecule has 0 radical (unpaired) electrons. The molecule has 0 aromatic heterocycles. The Hall–Kier alpha value is -2.58. The van der Waals surface area contributed by atoms with Crippen molar-refractivity contribution in [1.82, 2.24) is 9.62 Å². The van der Waals surface area contributed by atoms with E-state index in [4.69, 9.17) is 9.47 Å². The number of carbonyl (C=O) groups is 1. The largest absolute Gasteiger partial charge is 0.493 e. The number of methoxy groups -OCH3 is 2. The molecule has 0 aliphatic carbocycles. The van der Waals surface area contributed by atoms with Crippen molar-refractivity contribution in [3.05, 3.63) is 54.1 Å². The molecule has 0 spiro atoms. The Bertz CT molecular complexity index is 916. The second-order valence-corrected chi connectivity index (χ2v) is 8.82. The molecule has 0 heterocycles. The summed E-state index contributed by atoms with van der Waals surface area (Å²) in [6.07, 6.45) is 1.60. The van der Waals surface area contributed by atoms with E-state index in [2.05, 4.69) is 5.32 Å². The van der Waals surface area contributed by atoms with E-state index in [0.29, 0.717) is 11.5 Å². The van der Waals surface area contributed by atoms with Crippen LogP contribution in [0.25, 0.3) is 0 Å². The third-order valence-corrected chi connectivity index (χ3v) is 6.35. The molecule has 0 aliphatic rings. The molecule has 0 saturated carbocycles. The van der Waals surface area contributed by atoms with Gasteiger partial charge in [0.2, 0.25) is 15.9 Å². The van der Waals surface area contributed by atoms with Crippen molar-refractivity contribution >= 4 is 15.9 Å². The molecule has 1 amide bonds. The highest BCUT2D eigenvalue weighted by Gasteiger charge is 2.24. The fourth-order valence-corrected chi connectivity index (χ4v) is 4.01. The summed E-state index contributed by atoms with van der Waals surface area (Å²) in [5.74, 6) is 0.386. The molecule has 2 aromatic rings. The number of sulfonamides is 1. The maximum Gasteiger partial charge on any atom is 0.243 e. The quantitative estimate of drug-likeness (QED) is 0.638. The van der Waals surface area contributed by atoms with Crippen molar-refractivity contribution in [2.24, 2.45) is 0 Å². The van der Waals surface area contributed by atoms with Crippen LogP contribution in [-0.4, -0.2) is 52.5 Å². The number of rotatable bonds is 10. The van der Waals surface area contributed by atoms with Crippen molar-refractivity contribution in [2.45, 2.75) is 30.7 Å². The van der Waals surface area contributed by atoms with Crippen molar-refractivity contribution in [3.8, 4) is 11.5 Å². The third-order valence-electron chi connectivity index (χ3n) is 4.55. The highest BCUT2D eigenvalue weighted by atomic mass is 32.2. The molecule has 0 fully saturated rings. The van der Waals surface area contributed by atoms with Crippen molar-refractivity contribution in [2.75, 3.05) is 27.8 Å². The summed E-state index contributed by atoms with van der Waals surface area (Å²) in [4.78, 5) is 12.3. The van der Waals surface area contributed by atoms with Gasteiger partial charge < -0.3 is 14.8 Å². The second kappa shape index (κ2) is 10.3. The van der Waals surface area contributed by atoms with E-state index in [0.717, 1.165) is 17.1 Å². The molecule has 2 aromatic carbocycles. The monoisotopic (exact) mass is 420 g/mol. The first-order valence-corrected chi connectivity index (χ1v) is 10.7. The summed E-state index contributed by atoms with van der Waals surface area (Å²) in [5.41, 5.74) is 1.20. The van der Waals surface area contributed by atoms with Crippen LogP contribution < -0.4 is 14.8 Å². The maximum atomic E-state index is 12.8. The fourth-order valence-electron chi connectivity index (χ4n) is 2.86. The van der Waals surface area contributed by atoms with Gasteiger partial charge in [-0.15, -0.1) is 0 Å². The molecule has 1 atom stereocenters. The number of aryl methyl sites for hydroxylation is 1. The van der Waals surface area contributed by atoms with Crippen LogP contribution >= 0.6 is 0 Å². The lowest BCUT2D eigenvalue weighted by molar-refractivity contribution is -0.121. The van der Waals surface area contributed by atoms with Gasteiger partial charge in [0.25, 0.3) is 0 Å². The molecule has 1 N–H and O–H groups in total. The van der Waals surface area contributed by atoms with Crippen LogP contribution in [0.2, 0.25) is 0 Å². The molecule has 7 nitrogen and oxygen atoms in total. The molecule has 0 saturated heterocycles. The lowest BCUT2D eigenvalue weighted by Crippen LogP contribution is -2.41. The molecule has 158 valence electrons. The van der Waals surface area contributed by atoms with E-state index in [-0.39, 0.29) is 23.4 Å². The molecular formula is C21H28N2O5S. The minimum Gasteiger partial charge on any atom is -0.493 e. The Morgan fingerprint density at radius 3 is 2.34 bits per heavy atom. The zero-order chi connectivity index (χ0) is 21.4. The summed E-state index contributed by atoms with van der Waals surface area (Å²) >= 11 is 0. The van der Waals surface area contributed by atoms with Gasteiger partial charge in [0, 0.05) is 19.2 Å². The predicted octanol–water partition coefficient (Wildman–Crippen LogP) is 2.46. The van der Waals surface area contributed by atoms with Crippen LogP contribution in [0.1, 0.15) is 18.9 Å². The standard InChI is InChI=1S/C21H28N2O5S/c1-16(10-11-17-8-6-5-7-9-17)22-21(24)15-23(2)29(25,26)18-12-13-19(27-3)20(14-18)28-4/h5-9,12-14,16H,10-11,15H2,1-4H3,(H,22,24)/t16-/m0/s1. The van der Waals surface area contributed by atoms with Crippen LogP contribution in [0.5, 0.6) is 11.5 Å². The average Bonchev–Trinajstić information content (AvgIpc) is 2.72. The van der Waals surface area contributed by atoms with E-state index in [9.17, 15) is 13.2 Å². The molecule has 0 aliphatic heterocycles. The highest BCUT2D eigenvalue weighted by molar-refractivity contribution is 7.89. The predicted molar refractivity (Wildman–Crippen MR) is 112 cm³/mol. The number of hydrogen-bond donors (Lipinski definition) is 1. The SMILES string of the molecule is COc1ccc(S(=O)(=O)N(C)CC(=O)N[C@@H](C)CCc2ccccc2)cc1OC. The molecule has 0 bridgehead atoms. The summed E-state index contributed by atoms with van der Waals surface area (Å²) < 4.78 is 36.9. The minimum atomic E-state index is -3.85. The van der Waals surface area contributed by atoms with Gasteiger partial charge in [0.15, 0.2) is 11.5 Å². The van der Waals surface area contributed by atoms with E-state index < -0.39 is 10.0 Å². The van der Waals surface area contributed by atoms with E-state index in [1.807, 2.05) is 37.3 Å². The van der Waals surface area contributed by atoms with Crippen molar-refractivity contribution < 1.29 is 22.7 Å². The first-order chi connectivity index (χ1) is 13.8. The van der Waals surface area contributed by atoms with Crippen LogP contribution in [0.3, 0.4) is 0 Å². The van der Waals surface area contributed by atoms with E-state index >= 15 is 0 Å². The smallest absolute Gasteiger partial charge is 0.243 e. The van der Waals surface area contributed by atoms with Crippen molar-refractivity contribution in [1.29, 1.82) is 0 Å². The number of benzene rings is 2. The summed E-state index contributed by atoms with van der Waals surface area (Å²) in [6, 6.07) is 14.3. The number of hydrogen-bond acceptors (Lipinski definition) is 5. The normalized spacial score (nSPS) is 12.4. The Morgan fingerprint density at radius 2 is 1.72 bits per heavy atom. The lowest BCUT2D eigenvalue weighted by atomic mass is 10.1. The topological polar surface area (TPSA) is 84.9 Å². The Morgan fingerprint density at radius 1 is 1.07 bits per heavy atom. The zero-order valence-corrected chi connectivity index (χ0v) is 18.0. The first-order valence-electron chi connectivity index (χ1n) is 9.29. The molecule has 29 heavy (non-hydrogen) atoms. The van der Waals surface area contributed by atoms with Crippen LogP contribution in [0, 0.1) is 0 Å². The summed E-state index contributed by atoms with van der Waals surface area (Å²) in [7, 11) is 0.436. The van der Waals surface area contributed by atoms with Gasteiger partial charge in [-0.1, -0.05) is 30.3 Å². The highest BCUT2D eigenvalue weighted by Crippen LogP contribution is 2.30. The zero-order valence-electron chi connectivity index (χ0n) is 17.2. The number of nitrogens with one attached hydrogen (secondary N) is 1. The number of carbonyl (C=O) groups excluding carboxylic acids is 1. The molecular weight excluding hydrogens is 392 g/mol. The van der Waals surface area contributed by atoms with Gasteiger partial charge in [-0.3, -0.25) is 4.79 Å². The molecule has 8 heteroatoms. The minimum absolute atomic E-state index is 0.0302. The van der Waals surface area contributed by atoms with Crippen LogP contribution in [0.15, 0.2) is 53.4 Å². The second-order valence-electron chi connectivity index (χ2n) is 6.77. The van der Waals surface area contributed by atoms with Gasteiger partial charge >= 0.3 is 0 Å². The fraction of sp³-hybridized carbons (Fsp3) is 0.381. The van der Waals surface area contributed by atoms with Gasteiger partial charge in [-0.25, -0.2) is 8.42 Å². The Kier molecular flexibility index (Phi) is 8.04. The summed E-state index contributed by atoms with van der Waals surface area (Å²) in [5, 5.41) is 2.86. The van der Waals surface area contributed by atoms with Crippen LogP contribution in [0.4, 0.5) is 0 Å². The maximum absolute atomic E-state index is 12.8. The Labute approximate surface area is 172 Å². The third kappa shape index (κ3) is 6.20. The van der Waals surface area contributed by atoms with Gasteiger partial charge in [-0.05, 0) is 37.5 Å². The number of nitrogens with zero attached hydrogens (tertiary/aromatic N) is 1. The number of ether oxygens (including phenoxy) is 2. The van der Waals surface area contributed by atoms with Gasteiger partial charge in [-0.2, -0.15) is 4.31 Å². The van der Waals surface area contributed by atoms with Gasteiger partial charge in [0.05, 0.1) is 25.7 Å². The van der Waals surface area contributed by atoms with E-state index in [1.54, 1.807) is 0 Å². The molecule has 2 rings (SSSR count). The van der Waals surface area contributed by atoms with Crippen LogP contribution in [-0.2, 0) is 21.2 Å². The van der Waals surface area contributed by atoms with E-state index in [1.165, 1.54) is 45.0 Å². The lowest BCUT2D eigenvalue weighted by Gasteiger charge is -2.20. The summed E-state index contributed by atoms with van der Waals surface area (Å²) in [6.45, 7) is 1.63.